The Balaban J connectivity index is 1.86. The molecule has 0 saturated heterocycles. The minimum atomic E-state index is -0.545. The first kappa shape index (κ1) is 18.5. The van der Waals surface area contributed by atoms with Gasteiger partial charge in [-0.25, -0.2) is 4.79 Å². The highest BCUT2D eigenvalue weighted by Gasteiger charge is 2.11. The molecule has 0 aliphatic carbocycles. The molecule has 0 atom stereocenters. The van der Waals surface area contributed by atoms with Crippen molar-refractivity contribution in [2.75, 3.05) is 38.0 Å². The summed E-state index contributed by atoms with van der Waals surface area (Å²) >= 11 is 0. The summed E-state index contributed by atoms with van der Waals surface area (Å²) < 4.78 is 10.1. The number of hydrogen-bond acceptors (Lipinski definition) is 5. The molecule has 2 aromatic rings. The van der Waals surface area contributed by atoms with Gasteiger partial charge in [-0.15, -0.1) is 0 Å². The van der Waals surface area contributed by atoms with Crippen molar-refractivity contribution < 1.29 is 19.1 Å². The Kier molecular flexibility index (Phi) is 6.54. The second-order valence-electron chi connectivity index (χ2n) is 5.70. The van der Waals surface area contributed by atoms with Gasteiger partial charge in [0.25, 0.3) is 5.91 Å². The molecule has 0 saturated carbocycles. The van der Waals surface area contributed by atoms with E-state index in [-0.39, 0.29) is 12.5 Å². The van der Waals surface area contributed by atoms with Crippen LogP contribution in [0.3, 0.4) is 0 Å². The molecule has 2 rings (SSSR count). The second kappa shape index (κ2) is 8.84. The van der Waals surface area contributed by atoms with Crippen LogP contribution >= 0.6 is 0 Å². The maximum Gasteiger partial charge on any atom is 0.338 e. The number of anilines is 2. The lowest BCUT2D eigenvalue weighted by Crippen LogP contribution is -2.21. The molecule has 0 radical (unpaired) electrons. The molecule has 0 unspecified atom stereocenters. The van der Waals surface area contributed by atoms with Gasteiger partial charge in [0.2, 0.25) is 0 Å². The van der Waals surface area contributed by atoms with Crippen LogP contribution in [0.5, 0.6) is 0 Å². The lowest BCUT2D eigenvalue weighted by molar-refractivity contribution is -0.119. The van der Waals surface area contributed by atoms with Gasteiger partial charge in [0, 0.05) is 32.6 Å². The van der Waals surface area contributed by atoms with E-state index in [1.165, 1.54) is 0 Å². The van der Waals surface area contributed by atoms with Crippen molar-refractivity contribution >= 4 is 23.3 Å². The van der Waals surface area contributed by atoms with Crippen molar-refractivity contribution in [3.63, 3.8) is 0 Å². The van der Waals surface area contributed by atoms with E-state index in [0.717, 1.165) is 11.3 Å². The van der Waals surface area contributed by atoms with Crippen molar-refractivity contribution in [2.45, 2.75) is 6.61 Å². The molecule has 0 aliphatic rings. The van der Waals surface area contributed by atoms with Crippen LogP contribution in [0.25, 0.3) is 0 Å². The summed E-state index contributed by atoms with van der Waals surface area (Å²) in [6, 6.07) is 14.3. The van der Waals surface area contributed by atoms with E-state index in [0.29, 0.717) is 17.9 Å². The fraction of sp³-hybridized carbons (Fsp3) is 0.263. The van der Waals surface area contributed by atoms with E-state index in [9.17, 15) is 9.59 Å². The number of ether oxygens (including phenoxy) is 2. The zero-order chi connectivity index (χ0) is 18.2. The Morgan fingerprint density at radius 2 is 1.80 bits per heavy atom. The van der Waals surface area contributed by atoms with E-state index in [2.05, 4.69) is 5.32 Å². The molecule has 6 nitrogen and oxygen atoms in total. The maximum absolute atomic E-state index is 12.0. The number of carbonyl (C=O) groups is 2. The summed E-state index contributed by atoms with van der Waals surface area (Å²) in [6.07, 6.45) is 0. The van der Waals surface area contributed by atoms with E-state index in [1.54, 1.807) is 37.4 Å². The van der Waals surface area contributed by atoms with Crippen LogP contribution in [-0.4, -0.2) is 39.7 Å². The quantitative estimate of drug-likeness (QED) is 0.784. The van der Waals surface area contributed by atoms with Crippen LogP contribution in [0.1, 0.15) is 15.9 Å². The van der Waals surface area contributed by atoms with E-state index in [1.807, 2.05) is 37.2 Å². The Bertz CT molecular complexity index is 726. The number of amides is 1. The molecule has 0 spiro atoms. The van der Waals surface area contributed by atoms with Gasteiger partial charge >= 0.3 is 5.97 Å². The average molecular weight is 342 g/mol. The smallest absolute Gasteiger partial charge is 0.338 e. The molecule has 132 valence electrons. The molecule has 0 fully saturated rings. The Morgan fingerprint density at radius 3 is 2.44 bits per heavy atom. The van der Waals surface area contributed by atoms with E-state index >= 15 is 0 Å². The highest BCUT2D eigenvalue weighted by molar-refractivity contribution is 5.95. The van der Waals surface area contributed by atoms with Crippen LogP contribution in [-0.2, 0) is 20.9 Å². The van der Waals surface area contributed by atoms with Crippen molar-refractivity contribution in [1.29, 1.82) is 0 Å². The topological polar surface area (TPSA) is 67.9 Å². The normalized spacial score (nSPS) is 10.2. The summed E-state index contributed by atoms with van der Waals surface area (Å²) in [5.74, 6) is -0.935. The SMILES string of the molecule is COCc1cccc(C(=O)OCC(=O)Nc2ccc(N(C)C)cc2)c1. The third kappa shape index (κ3) is 5.61. The van der Waals surface area contributed by atoms with Crippen LogP contribution in [0, 0.1) is 0 Å². The number of methoxy groups -OCH3 is 1. The lowest BCUT2D eigenvalue weighted by Gasteiger charge is -2.13. The summed E-state index contributed by atoms with van der Waals surface area (Å²) in [5, 5.41) is 2.69. The lowest BCUT2D eigenvalue weighted by atomic mass is 10.1. The number of nitrogens with zero attached hydrogens (tertiary/aromatic N) is 1. The van der Waals surface area contributed by atoms with Gasteiger partial charge in [-0.05, 0) is 42.0 Å². The fourth-order valence-corrected chi connectivity index (χ4v) is 2.21. The highest BCUT2D eigenvalue weighted by atomic mass is 16.5. The van der Waals surface area contributed by atoms with Crippen molar-refractivity contribution in [3.05, 3.63) is 59.7 Å². The van der Waals surface area contributed by atoms with Gasteiger partial charge in [-0.1, -0.05) is 12.1 Å². The number of benzene rings is 2. The zero-order valence-electron chi connectivity index (χ0n) is 14.6. The molecule has 1 N–H and O–H groups in total. The number of rotatable bonds is 7. The minimum Gasteiger partial charge on any atom is -0.452 e. The highest BCUT2D eigenvalue weighted by Crippen LogP contribution is 2.15. The first-order valence-corrected chi connectivity index (χ1v) is 7.82. The number of nitrogens with one attached hydrogen (secondary N) is 1. The van der Waals surface area contributed by atoms with Gasteiger partial charge in [0.1, 0.15) is 0 Å². The average Bonchev–Trinajstić information content (AvgIpc) is 2.60. The van der Waals surface area contributed by atoms with Crippen LogP contribution in [0.2, 0.25) is 0 Å². The third-order valence-corrected chi connectivity index (χ3v) is 3.48. The van der Waals surface area contributed by atoms with Crippen LogP contribution in [0.4, 0.5) is 11.4 Å². The first-order valence-electron chi connectivity index (χ1n) is 7.82. The molecule has 6 heteroatoms. The molecule has 0 aromatic heterocycles. The van der Waals surface area contributed by atoms with E-state index in [4.69, 9.17) is 9.47 Å². The van der Waals surface area contributed by atoms with Gasteiger partial charge in [0.15, 0.2) is 6.61 Å². The molecule has 1 amide bonds. The predicted octanol–water partition coefficient (Wildman–Crippen LogP) is 2.69. The summed E-state index contributed by atoms with van der Waals surface area (Å²) in [7, 11) is 5.46. The van der Waals surface area contributed by atoms with Gasteiger partial charge < -0.3 is 19.7 Å². The fourth-order valence-electron chi connectivity index (χ4n) is 2.21. The summed E-state index contributed by atoms with van der Waals surface area (Å²) in [6.45, 7) is 0.0628. The molecule has 0 aliphatic heterocycles. The minimum absolute atomic E-state index is 0.344. The Hall–Kier alpha value is -2.86. The van der Waals surface area contributed by atoms with Crippen LogP contribution in [0.15, 0.2) is 48.5 Å². The second-order valence-corrected chi connectivity index (χ2v) is 5.70. The zero-order valence-corrected chi connectivity index (χ0v) is 14.6. The van der Waals surface area contributed by atoms with Crippen LogP contribution < -0.4 is 10.2 Å². The standard InChI is InChI=1S/C19H22N2O4/c1-21(2)17-9-7-16(8-10-17)20-18(22)13-25-19(23)15-6-4-5-14(11-15)12-24-3/h4-11H,12-13H2,1-3H3,(H,20,22). The maximum atomic E-state index is 12.0. The number of hydrogen-bond donors (Lipinski definition) is 1. The van der Waals surface area contributed by atoms with Gasteiger partial charge in [0.05, 0.1) is 12.2 Å². The van der Waals surface area contributed by atoms with Crippen molar-refractivity contribution in [1.82, 2.24) is 0 Å². The monoisotopic (exact) mass is 342 g/mol. The van der Waals surface area contributed by atoms with E-state index < -0.39 is 5.97 Å². The molecule has 0 bridgehead atoms. The Labute approximate surface area is 147 Å². The largest absolute Gasteiger partial charge is 0.452 e. The summed E-state index contributed by atoms with van der Waals surface area (Å²) in [5.41, 5.74) is 2.93. The molecule has 25 heavy (non-hydrogen) atoms. The number of carbonyl (C=O) groups excluding carboxylic acids is 2. The first-order chi connectivity index (χ1) is 12.0. The molecular formula is C19H22N2O4. The Morgan fingerprint density at radius 1 is 1.08 bits per heavy atom. The predicted molar refractivity (Wildman–Crippen MR) is 96.8 cm³/mol. The van der Waals surface area contributed by atoms with Gasteiger partial charge in [-0.3, -0.25) is 4.79 Å². The van der Waals surface area contributed by atoms with Crippen molar-refractivity contribution in [3.8, 4) is 0 Å². The molecule has 0 heterocycles. The molecule has 2 aromatic carbocycles. The van der Waals surface area contributed by atoms with Crippen molar-refractivity contribution in [2.24, 2.45) is 0 Å². The summed E-state index contributed by atoms with van der Waals surface area (Å²) in [4.78, 5) is 25.9. The third-order valence-electron chi connectivity index (χ3n) is 3.48. The number of esters is 1. The van der Waals surface area contributed by atoms with Gasteiger partial charge in [-0.2, -0.15) is 0 Å². The molecular weight excluding hydrogens is 320 g/mol.